The van der Waals surface area contributed by atoms with Crippen molar-refractivity contribution in [3.8, 4) is 0 Å². The highest BCUT2D eigenvalue weighted by molar-refractivity contribution is 6.23. The number of aliphatic hydroxyl groups is 1. The molecule has 0 aliphatic carbocycles. The lowest BCUT2D eigenvalue weighted by Gasteiger charge is -2.26. The molecule has 2 atom stereocenters. The Morgan fingerprint density at radius 2 is 2.00 bits per heavy atom. The number of hydrogen-bond acceptors (Lipinski definition) is 3. The van der Waals surface area contributed by atoms with E-state index in [1.807, 2.05) is 18.2 Å². The second-order valence-electron chi connectivity index (χ2n) is 4.76. The van der Waals surface area contributed by atoms with Crippen molar-refractivity contribution in [3.63, 3.8) is 0 Å². The lowest BCUT2D eigenvalue weighted by atomic mass is 9.96. The van der Waals surface area contributed by atoms with E-state index in [1.165, 1.54) is 6.92 Å². The molecule has 0 saturated carbocycles. The highest BCUT2D eigenvalue weighted by Crippen LogP contribution is 2.33. The van der Waals surface area contributed by atoms with Gasteiger partial charge in [0.2, 0.25) is 0 Å². The van der Waals surface area contributed by atoms with Crippen LogP contribution in [0.3, 0.4) is 0 Å². The quantitative estimate of drug-likeness (QED) is 0.474. The average molecular weight is 285 g/mol. The molecule has 0 unspecified atom stereocenters. The van der Waals surface area contributed by atoms with E-state index in [1.54, 1.807) is 12.1 Å². The number of alkyl halides is 1. The minimum atomic E-state index is -1.73. The third-order valence-corrected chi connectivity index (χ3v) is 3.66. The summed E-state index contributed by atoms with van der Waals surface area (Å²) in [7, 11) is 0. The summed E-state index contributed by atoms with van der Waals surface area (Å²) >= 11 is 6.18. The maximum absolute atomic E-state index is 11.9. The molecule has 0 fully saturated rings. The van der Waals surface area contributed by atoms with Gasteiger partial charge in [-0.05, 0) is 18.9 Å². The topological polar surface area (TPSA) is 46.5 Å². The second-order valence-corrected chi connectivity index (χ2v) is 5.20. The van der Waals surface area contributed by atoms with Gasteiger partial charge in [0, 0.05) is 0 Å². The average Bonchev–Trinajstić information content (AvgIpc) is 2.43. The molecular weight excluding hydrogens is 264 g/mol. The van der Waals surface area contributed by atoms with Gasteiger partial charge in [0.1, 0.15) is 0 Å². The highest BCUT2D eigenvalue weighted by atomic mass is 35.5. The summed E-state index contributed by atoms with van der Waals surface area (Å²) in [6.45, 7) is 3.78. The summed E-state index contributed by atoms with van der Waals surface area (Å²) < 4.78 is 5.08. The number of esters is 1. The molecule has 0 saturated heterocycles. The lowest BCUT2D eigenvalue weighted by molar-refractivity contribution is -0.164. The van der Waals surface area contributed by atoms with E-state index in [0.29, 0.717) is 12.2 Å². The van der Waals surface area contributed by atoms with E-state index in [2.05, 4.69) is 6.92 Å². The van der Waals surface area contributed by atoms with Gasteiger partial charge in [-0.2, -0.15) is 0 Å². The van der Waals surface area contributed by atoms with E-state index >= 15 is 0 Å². The molecular formula is C15H21ClO3. The summed E-state index contributed by atoms with van der Waals surface area (Å²) in [5.74, 6) is -0.674. The van der Waals surface area contributed by atoms with Crippen LogP contribution >= 0.6 is 11.6 Å². The molecule has 1 rings (SSSR count). The van der Waals surface area contributed by atoms with Crippen LogP contribution in [0.15, 0.2) is 30.3 Å². The summed E-state index contributed by atoms with van der Waals surface area (Å²) in [4.78, 5) is 11.9. The smallest absolute Gasteiger partial charge is 0.339 e. The Bertz CT molecular complexity index is 390. The number of benzene rings is 1. The minimum absolute atomic E-state index is 0.321. The molecule has 1 N–H and O–H groups in total. The van der Waals surface area contributed by atoms with Crippen LogP contribution in [-0.2, 0) is 9.53 Å². The van der Waals surface area contributed by atoms with Gasteiger partial charge in [0.25, 0.3) is 0 Å². The molecule has 0 radical (unpaired) electrons. The van der Waals surface area contributed by atoms with Crippen molar-refractivity contribution in [1.82, 2.24) is 0 Å². The molecule has 1 aromatic rings. The molecule has 0 spiro atoms. The molecule has 3 nitrogen and oxygen atoms in total. The fourth-order valence-corrected chi connectivity index (χ4v) is 1.95. The zero-order valence-electron chi connectivity index (χ0n) is 11.4. The first kappa shape index (κ1) is 16.0. The predicted octanol–water partition coefficient (Wildman–Crippen LogP) is 3.45. The van der Waals surface area contributed by atoms with E-state index in [9.17, 15) is 9.90 Å². The van der Waals surface area contributed by atoms with Crippen LogP contribution in [0.5, 0.6) is 0 Å². The largest absolute Gasteiger partial charge is 0.464 e. The van der Waals surface area contributed by atoms with Crippen LogP contribution in [0.25, 0.3) is 0 Å². The number of hydrogen-bond donors (Lipinski definition) is 1. The van der Waals surface area contributed by atoms with E-state index < -0.39 is 16.9 Å². The van der Waals surface area contributed by atoms with Crippen molar-refractivity contribution in [3.05, 3.63) is 35.9 Å². The van der Waals surface area contributed by atoms with Crippen LogP contribution in [0.2, 0.25) is 0 Å². The van der Waals surface area contributed by atoms with Crippen LogP contribution < -0.4 is 0 Å². The molecule has 0 aromatic heterocycles. The monoisotopic (exact) mass is 284 g/mol. The Balaban J connectivity index is 2.61. The van der Waals surface area contributed by atoms with Gasteiger partial charge in [-0.1, -0.05) is 50.1 Å². The lowest BCUT2D eigenvalue weighted by Crippen LogP contribution is -2.41. The van der Waals surface area contributed by atoms with Crippen molar-refractivity contribution in [2.45, 2.75) is 44.1 Å². The van der Waals surface area contributed by atoms with Crippen LogP contribution in [0.1, 0.15) is 44.1 Å². The molecule has 0 amide bonds. The summed E-state index contributed by atoms with van der Waals surface area (Å²) in [6.07, 6.45) is 2.85. The second kappa shape index (κ2) is 7.51. The first-order valence-corrected chi connectivity index (χ1v) is 7.02. The number of carbonyl (C=O) groups excluding carboxylic acids is 1. The number of unbranched alkanes of at least 4 members (excludes halogenated alkanes) is 2. The van der Waals surface area contributed by atoms with Gasteiger partial charge in [-0.3, -0.25) is 0 Å². The first-order valence-electron chi connectivity index (χ1n) is 6.58. The Morgan fingerprint density at radius 1 is 1.37 bits per heavy atom. The van der Waals surface area contributed by atoms with E-state index in [4.69, 9.17) is 16.3 Å². The van der Waals surface area contributed by atoms with Crippen molar-refractivity contribution in [2.24, 2.45) is 0 Å². The van der Waals surface area contributed by atoms with Crippen LogP contribution in [0.4, 0.5) is 0 Å². The summed E-state index contributed by atoms with van der Waals surface area (Å²) in [5, 5.41) is 9.43. The summed E-state index contributed by atoms with van der Waals surface area (Å²) in [6, 6.07) is 9.03. The van der Waals surface area contributed by atoms with Gasteiger partial charge >= 0.3 is 5.97 Å². The van der Waals surface area contributed by atoms with Gasteiger partial charge in [0.15, 0.2) is 5.60 Å². The number of ether oxygens (including phenoxy) is 1. The summed E-state index contributed by atoms with van der Waals surface area (Å²) in [5.41, 5.74) is -1.03. The van der Waals surface area contributed by atoms with Gasteiger partial charge < -0.3 is 9.84 Å². The molecule has 19 heavy (non-hydrogen) atoms. The normalized spacial score (nSPS) is 15.6. The zero-order valence-corrected chi connectivity index (χ0v) is 12.2. The highest BCUT2D eigenvalue weighted by Gasteiger charge is 2.40. The Hall–Kier alpha value is -1.06. The Morgan fingerprint density at radius 3 is 2.58 bits per heavy atom. The fourth-order valence-electron chi connectivity index (χ4n) is 1.71. The molecule has 106 valence electrons. The number of carbonyl (C=O) groups is 1. The molecule has 0 bridgehead atoms. The maximum atomic E-state index is 11.9. The van der Waals surface area contributed by atoms with Crippen molar-refractivity contribution in [2.75, 3.05) is 6.61 Å². The van der Waals surface area contributed by atoms with Crippen molar-refractivity contribution >= 4 is 17.6 Å². The number of halogens is 1. The number of rotatable bonds is 7. The third kappa shape index (κ3) is 4.51. The molecule has 0 heterocycles. The van der Waals surface area contributed by atoms with Gasteiger partial charge in [-0.25, -0.2) is 4.79 Å². The van der Waals surface area contributed by atoms with Crippen molar-refractivity contribution < 1.29 is 14.6 Å². The molecule has 0 aliphatic rings. The van der Waals surface area contributed by atoms with Crippen LogP contribution in [-0.4, -0.2) is 23.3 Å². The standard InChI is InChI=1S/C15H21ClO3/c1-3-4-8-11-19-14(17)15(2,18)13(16)12-9-6-5-7-10-12/h5-7,9-10,13,18H,3-4,8,11H2,1-2H3/t13-,15-/m0/s1. The van der Waals surface area contributed by atoms with Crippen molar-refractivity contribution in [1.29, 1.82) is 0 Å². The predicted molar refractivity (Wildman–Crippen MR) is 76.1 cm³/mol. The maximum Gasteiger partial charge on any atom is 0.339 e. The van der Waals surface area contributed by atoms with Gasteiger partial charge in [0.05, 0.1) is 12.0 Å². The van der Waals surface area contributed by atoms with Crippen LogP contribution in [0, 0.1) is 0 Å². The molecule has 1 aromatic carbocycles. The van der Waals surface area contributed by atoms with E-state index in [-0.39, 0.29) is 0 Å². The fraction of sp³-hybridized carbons (Fsp3) is 0.533. The van der Waals surface area contributed by atoms with E-state index in [0.717, 1.165) is 19.3 Å². The zero-order chi connectivity index (χ0) is 14.3. The SMILES string of the molecule is CCCCCOC(=O)[C@@](C)(O)[C@@H](Cl)c1ccccc1. The van der Waals surface area contributed by atoms with Gasteiger partial charge in [-0.15, -0.1) is 11.6 Å². The Kier molecular flexibility index (Phi) is 6.32. The molecule has 4 heteroatoms. The minimum Gasteiger partial charge on any atom is -0.464 e. The molecule has 0 aliphatic heterocycles. The first-order chi connectivity index (χ1) is 9.00. The Labute approximate surface area is 119 Å². The third-order valence-electron chi connectivity index (χ3n) is 2.98.